The first-order valence-electron chi connectivity index (χ1n) is 22.2. The number of carbonyl (C=O) groups is 1. The predicted molar refractivity (Wildman–Crippen MR) is 216 cm³/mol. The molecule has 3 unspecified atom stereocenters. The van der Waals surface area contributed by atoms with Crippen molar-refractivity contribution in [2.75, 3.05) is 6.61 Å². The molecule has 286 valence electrons. The first-order valence-corrected chi connectivity index (χ1v) is 22.2. The molecule has 0 bridgehead atoms. The van der Waals surface area contributed by atoms with Crippen LogP contribution in [0.25, 0.3) is 0 Å². The standard InChI is InChI=1S/C46H90O2/c1-7-9-11-13-17-23-29-35-43(5)37-31-25-19-15-16-20-27-33-39-45(41-48-46(47)42(3)4)40-34-28-22-21-26-32-38-44(6)36-30-24-18-14-12-10-8-2/h43-45H,3,7-41H2,1-2,4-6H3. The zero-order chi connectivity index (χ0) is 35.3. The van der Waals surface area contributed by atoms with Gasteiger partial charge in [0.05, 0.1) is 6.61 Å². The Labute approximate surface area is 304 Å². The number of rotatable bonds is 39. The molecule has 0 aromatic rings. The molecule has 0 rings (SSSR count). The first-order chi connectivity index (χ1) is 23.4. The second-order valence-corrected chi connectivity index (χ2v) is 16.4. The van der Waals surface area contributed by atoms with Gasteiger partial charge in [-0.15, -0.1) is 0 Å². The van der Waals surface area contributed by atoms with E-state index < -0.39 is 0 Å². The van der Waals surface area contributed by atoms with Crippen LogP contribution in [0.2, 0.25) is 0 Å². The molecule has 0 radical (unpaired) electrons. The van der Waals surface area contributed by atoms with E-state index in [9.17, 15) is 4.79 Å². The summed E-state index contributed by atoms with van der Waals surface area (Å²) in [4.78, 5) is 12.0. The first kappa shape index (κ1) is 47.2. The van der Waals surface area contributed by atoms with Gasteiger partial charge in [0, 0.05) is 5.57 Å². The van der Waals surface area contributed by atoms with Crippen molar-refractivity contribution in [1.29, 1.82) is 0 Å². The lowest BCUT2D eigenvalue weighted by molar-refractivity contribution is -0.140. The molecular formula is C46H90O2. The third kappa shape index (κ3) is 35.1. The topological polar surface area (TPSA) is 26.3 Å². The zero-order valence-electron chi connectivity index (χ0n) is 34.0. The Morgan fingerprint density at radius 1 is 0.438 bits per heavy atom. The third-order valence-corrected chi connectivity index (χ3v) is 11.0. The van der Waals surface area contributed by atoms with Crippen molar-refractivity contribution in [2.24, 2.45) is 17.8 Å². The summed E-state index contributed by atoms with van der Waals surface area (Å²) in [5.41, 5.74) is 0.521. The molecule has 0 saturated carbocycles. The van der Waals surface area contributed by atoms with Crippen molar-refractivity contribution in [3.8, 4) is 0 Å². The van der Waals surface area contributed by atoms with Gasteiger partial charge in [0.1, 0.15) is 0 Å². The fourth-order valence-electron chi connectivity index (χ4n) is 7.44. The minimum Gasteiger partial charge on any atom is -0.462 e. The summed E-state index contributed by atoms with van der Waals surface area (Å²) in [7, 11) is 0. The second-order valence-electron chi connectivity index (χ2n) is 16.4. The van der Waals surface area contributed by atoms with Gasteiger partial charge in [0.15, 0.2) is 0 Å². The third-order valence-electron chi connectivity index (χ3n) is 11.0. The van der Waals surface area contributed by atoms with Gasteiger partial charge in [0.2, 0.25) is 0 Å². The summed E-state index contributed by atoms with van der Waals surface area (Å²) in [5.74, 6) is 2.13. The highest BCUT2D eigenvalue weighted by Gasteiger charge is 2.13. The Kier molecular flexibility index (Phi) is 36.8. The van der Waals surface area contributed by atoms with E-state index in [1.807, 2.05) is 0 Å². The minimum atomic E-state index is -0.214. The smallest absolute Gasteiger partial charge is 0.333 e. The maximum absolute atomic E-state index is 12.0. The molecule has 0 amide bonds. The van der Waals surface area contributed by atoms with Gasteiger partial charge in [-0.05, 0) is 37.5 Å². The molecule has 0 fully saturated rings. The van der Waals surface area contributed by atoms with E-state index in [1.54, 1.807) is 6.92 Å². The van der Waals surface area contributed by atoms with Crippen LogP contribution in [-0.2, 0) is 9.53 Å². The van der Waals surface area contributed by atoms with Crippen molar-refractivity contribution in [3.05, 3.63) is 12.2 Å². The lowest BCUT2D eigenvalue weighted by atomic mass is 9.94. The van der Waals surface area contributed by atoms with Gasteiger partial charge in [0.25, 0.3) is 0 Å². The Balaban J connectivity index is 3.84. The van der Waals surface area contributed by atoms with Crippen LogP contribution in [0.1, 0.15) is 253 Å². The van der Waals surface area contributed by atoms with Gasteiger partial charge in [-0.2, -0.15) is 0 Å². The molecular weight excluding hydrogens is 585 g/mol. The van der Waals surface area contributed by atoms with E-state index in [0.29, 0.717) is 18.1 Å². The van der Waals surface area contributed by atoms with Crippen LogP contribution in [0.4, 0.5) is 0 Å². The molecule has 0 aromatic carbocycles. The van der Waals surface area contributed by atoms with Crippen LogP contribution in [0, 0.1) is 17.8 Å². The maximum Gasteiger partial charge on any atom is 0.333 e. The van der Waals surface area contributed by atoms with Crippen LogP contribution in [0.15, 0.2) is 12.2 Å². The number of esters is 1. The van der Waals surface area contributed by atoms with Crippen molar-refractivity contribution >= 4 is 5.97 Å². The number of unbranched alkanes of at least 4 members (excludes halogenated alkanes) is 24. The van der Waals surface area contributed by atoms with Crippen LogP contribution in [0.5, 0.6) is 0 Å². The average Bonchev–Trinajstić information content (AvgIpc) is 3.07. The molecule has 2 nitrogen and oxygen atoms in total. The van der Waals surface area contributed by atoms with Crippen LogP contribution in [-0.4, -0.2) is 12.6 Å². The monoisotopic (exact) mass is 675 g/mol. The summed E-state index contributed by atoms with van der Waals surface area (Å²) >= 11 is 0. The summed E-state index contributed by atoms with van der Waals surface area (Å²) in [5, 5.41) is 0. The molecule has 0 aliphatic carbocycles. The molecule has 0 aliphatic rings. The molecule has 0 aliphatic heterocycles. The molecule has 0 spiro atoms. The highest BCUT2D eigenvalue weighted by molar-refractivity contribution is 5.86. The van der Waals surface area contributed by atoms with Crippen molar-refractivity contribution in [3.63, 3.8) is 0 Å². The fraction of sp³-hybridized carbons (Fsp3) is 0.935. The van der Waals surface area contributed by atoms with Gasteiger partial charge in [-0.3, -0.25) is 0 Å². The zero-order valence-corrected chi connectivity index (χ0v) is 34.0. The largest absolute Gasteiger partial charge is 0.462 e. The Morgan fingerprint density at radius 3 is 0.958 bits per heavy atom. The average molecular weight is 675 g/mol. The summed E-state index contributed by atoms with van der Waals surface area (Å²) in [6, 6.07) is 0. The second kappa shape index (κ2) is 37.5. The van der Waals surface area contributed by atoms with E-state index in [1.165, 1.54) is 218 Å². The molecule has 0 aromatic heterocycles. The van der Waals surface area contributed by atoms with Gasteiger partial charge >= 0.3 is 5.97 Å². The van der Waals surface area contributed by atoms with Crippen LogP contribution in [0.3, 0.4) is 0 Å². The molecule has 48 heavy (non-hydrogen) atoms. The lowest BCUT2D eigenvalue weighted by Crippen LogP contribution is -2.15. The van der Waals surface area contributed by atoms with Gasteiger partial charge in [-0.25, -0.2) is 4.79 Å². The number of hydrogen-bond donors (Lipinski definition) is 0. The quantitative estimate of drug-likeness (QED) is 0.0368. The predicted octanol–water partition coefficient (Wildman–Crippen LogP) is 16.3. The molecule has 3 atom stereocenters. The number of ether oxygens (including phenoxy) is 1. The maximum atomic E-state index is 12.0. The normalized spacial score (nSPS) is 13.4. The van der Waals surface area contributed by atoms with E-state index in [2.05, 4.69) is 34.3 Å². The van der Waals surface area contributed by atoms with E-state index >= 15 is 0 Å². The number of hydrogen-bond acceptors (Lipinski definition) is 2. The Bertz CT molecular complexity index is 669. The van der Waals surface area contributed by atoms with E-state index in [4.69, 9.17) is 4.74 Å². The van der Waals surface area contributed by atoms with E-state index in [0.717, 1.165) is 11.8 Å². The van der Waals surface area contributed by atoms with Gasteiger partial charge < -0.3 is 4.74 Å². The van der Waals surface area contributed by atoms with E-state index in [-0.39, 0.29) is 5.97 Å². The lowest BCUT2D eigenvalue weighted by Gasteiger charge is -2.17. The SMILES string of the molecule is C=C(C)C(=O)OCC(CCCCCCCCCCC(C)CCCCCCCCC)CCCCCCCCC(C)CCCCCCCCC. The fourth-order valence-corrected chi connectivity index (χ4v) is 7.44. The van der Waals surface area contributed by atoms with Gasteiger partial charge in [-0.1, -0.05) is 240 Å². The van der Waals surface area contributed by atoms with Crippen molar-refractivity contribution in [2.45, 2.75) is 253 Å². The van der Waals surface area contributed by atoms with Crippen LogP contribution < -0.4 is 0 Å². The molecule has 0 saturated heterocycles. The highest BCUT2D eigenvalue weighted by Crippen LogP contribution is 2.23. The van der Waals surface area contributed by atoms with Crippen molar-refractivity contribution < 1.29 is 9.53 Å². The number of carbonyl (C=O) groups excluding carboxylic acids is 1. The van der Waals surface area contributed by atoms with Crippen molar-refractivity contribution in [1.82, 2.24) is 0 Å². The summed E-state index contributed by atoms with van der Waals surface area (Å²) in [6.45, 7) is 15.7. The summed E-state index contributed by atoms with van der Waals surface area (Å²) < 4.78 is 5.61. The Morgan fingerprint density at radius 2 is 0.688 bits per heavy atom. The summed E-state index contributed by atoms with van der Waals surface area (Å²) in [6.07, 6.45) is 47.4. The molecule has 2 heteroatoms. The highest BCUT2D eigenvalue weighted by atomic mass is 16.5. The Hall–Kier alpha value is -0.790. The molecule has 0 N–H and O–H groups in total. The minimum absolute atomic E-state index is 0.214. The molecule has 0 heterocycles. The van der Waals surface area contributed by atoms with Crippen LogP contribution >= 0.6 is 0 Å².